The third kappa shape index (κ3) is 3.14. The first-order chi connectivity index (χ1) is 10.2. The first-order valence-electron chi connectivity index (χ1n) is 7.34. The molecular formula is C18H19NO2. The average Bonchev–Trinajstić information content (AvgIpc) is 2.71. The second-order valence-corrected chi connectivity index (χ2v) is 5.51. The summed E-state index contributed by atoms with van der Waals surface area (Å²) in [5.41, 5.74) is 4.16. The minimum Gasteiger partial charge on any atom is -0.478 e. The molecule has 21 heavy (non-hydrogen) atoms. The summed E-state index contributed by atoms with van der Waals surface area (Å²) in [4.78, 5) is 13.6. The van der Waals surface area contributed by atoms with Crippen LogP contribution >= 0.6 is 0 Å². The number of nitrogens with zero attached hydrogens (tertiary/aromatic N) is 1. The Morgan fingerprint density at radius 1 is 0.952 bits per heavy atom. The highest BCUT2D eigenvalue weighted by atomic mass is 16.4. The van der Waals surface area contributed by atoms with E-state index in [0.29, 0.717) is 12.1 Å². The molecule has 0 bridgehead atoms. The summed E-state index contributed by atoms with van der Waals surface area (Å²) in [6, 6.07) is 15.9. The Labute approximate surface area is 124 Å². The Balaban J connectivity index is 1.74. The maximum absolute atomic E-state index is 11.3. The molecule has 3 heteroatoms. The summed E-state index contributed by atoms with van der Waals surface area (Å²) in [5.74, 6) is -0.844. The molecule has 108 valence electrons. The van der Waals surface area contributed by atoms with E-state index in [0.717, 1.165) is 31.5 Å². The molecule has 3 rings (SSSR count). The number of carboxylic acids is 1. The maximum atomic E-state index is 11.3. The van der Waals surface area contributed by atoms with Crippen LogP contribution in [0.15, 0.2) is 48.5 Å². The third-order valence-corrected chi connectivity index (χ3v) is 4.15. The van der Waals surface area contributed by atoms with Gasteiger partial charge in [-0.2, -0.15) is 0 Å². The molecule has 2 aromatic carbocycles. The van der Waals surface area contributed by atoms with Crippen molar-refractivity contribution >= 4 is 5.97 Å². The number of carbonyl (C=O) groups is 1. The molecule has 0 saturated carbocycles. The van der Waals surface area contributed by atoms with Crippen LogP contribution in [0, 0.1) is 0 Å². The molecule has 1 aliphatic heterocycles. The first kappa shape index (κ1) is 13.8. The van der Waals surface area contributed by atoms with Gasteiger partial charge in [-0.15, -0.1) is 0 Å². The van der Waals surface area contributed by atoms with Crippen molar-refractivity contribution in [2.24, 2.45) is 0 Å². The molecule has 2 aromatic rings. The van der Waals surface area contributed by atoms with Gasteiger partial charge in [-0.1, -0.05) is 42.5 Å². The van der Waals surface area contributed by atoms with Crippen molar-refractivity contribution < 1.29 is 9.90 Å². The lowest BCUT2D eigenvalue weighted by Crippen LogP contribution is -2.26. The van der Waals surface area contributed by atoms with Crippen LogP contribution in [0.4, 0.5) is 0 Å². The van der Waals surface area contributed by atoms with E-state index in [9.17, 15) is 9.90 Å². The van der Waals surface area contributed by atoms with Gasteiger partial charge >= 0.3 is 5.97 Å². The van der Waals surface area contributed by atoms with E-state index in [1.807, 2.05) is 12.1 Å². The summed E-state index contributed by atoms with van der Waals surface area (Å²) < 4.78 is 0. The molecule has 0 amide bonds. The molecule has 3 nitrogen and oxygen atoms in total. The number of aromatic carboxylic acids is 1. The second-order valence-electron chi connectivity index (χ2n) is 5.51. The summed E-state index contributed by atoms with van der Waals surface area (Å²) in [7, 11) is 0. The normalized spacial score (nSPS) is 15.2. The van der Waals surface area contributed by atoms with Crippen LogP contribution in [-0.4, -0.2) is 29.1 Å². The Hall–Kier alpha value is -2.13. The molecule has 0 aliphatic carbocycles. The molecule has 0 fully saturated rings. The van der Waals surface area contributed by atoms with Gasteiger partial charge < -0.3 is 5.11 Å². The smallest absolute Gasteiger partial charge is 0.336 e. The number of benzene rings is 2. The molecular weight excluding hydrogens is 262 g/mol. The highest BCUT2D eigenvalue weighted by Gasteiger charge is 2.16. The van der Waals surface area contributed by atoms with Crippen molar-refractivity contribution in [2.45, 2.75) is 19.4 Å². The van der Waals surface area contributed by atoms with Gasteiger partial charge in [0, 0.05) is 19.6 Å². The number of fused-ring (bicyclic) bond motifs is 1. The largest absolute Gasteiger partial charge is 0.478 e. The molecule has 0 radical (unpaired) electrons. The van der Waals surface area contributed by atoms with Crippen LogP contribution in [0.5, 0.6) is 0 Å². The lowest BCUT2D eigenvalue weighted by molar-refractivity contribution is 0.0694. The van der Waals surface area contributed by atoms with Gasteiger partial charge in [0.25, 0.3) is 0 Å². The number of carboxylic acid groups (broad SMARTS) is 1. The van der Waals surface area contributed by atoms with Crippen molar-refractivity contribution in [1.82, 2.24) is 4.90 Å². The minimum atomic E-state index is -0.844. The van der Waals surface area contributed by atoms with Gasteiger partial charge in [0.15, 0.2) is 0 Å². The van der Waals surface area contributed by atoms with Crippen molar-refractivity contribution in [3.63, 3.8) is 0 Å². The molecule has 0 atom stereocenters. The maximum Gasteiger partial charge on any atom is 0.336 e. The van der Waals surface area contributed by atoms with E-state index in [4.69, 9.17) is 0 Å². The highest BCUT2D eigenvalue weighted by Crippen LogP contribution is 2.18. The van der Waals surface area contributed by atoms with Gasteiger partial charge in [0.05, 0.1) is 5.56 Å². The first-order valence-corrected chi connectivity index (χ1v) is 7.34. The van der Waals surface area contributed by atoms with E-state index in [1.165, 1.54) is 11.1 Å². The van der Waals surface area contributed by atoms with Gasteiger partial charge in [0.2, 0.25) is 0 Å². The van der Waals surface area contributed by atoms with E-state index in [1.54, 1.807) is 12.1 Å². The average molecular weight is 281 g/mol. The summed E-state index contributed by atoms with van der Waals surface area (Å²) >= 11 is 0. The summed E-state index contributed by atoms with van der Waals surface area (Å²) in [6.45, 7) is 2.66. The van der Waals surface area contributed by atoms with Crippen LogP contribution in [0.3, 0.4) is 0 Å². The number of hydrogen-bond acceptors (Lipinski definition) is 2. The third-order valence-electron chi connectivity index (χ3n) is 4.15. The predicted molar refractivity (Wildman–Crippen MR) is 82.5 cm³/mol. The van der Waals surface area contributed by atoms with Gasteiger partial charge in [-0.05, 0) is 35.6 Å². The Bertz CT molecular complexity index is 624. The van der Waals surface area contributed by atoms with Crippen molar-refractivity contribution in [3.05, 3.63) is 70.8 Å². The zero-order chi connectivity index (χ0) is 14.7. The van der Waals surface area contributed by atoms with Crippen LogP contribution in [0.25, 0.3) is 0 Å². The number of rotatable bonds is 3. The minimum absolute atomic E-state index is 0.416. The van der Waals surface area contributed by atoms with E-state index >= 15 is 0 Å². The zero-order valence-electron chi connectivity index (χ0n) is 12.0. The van der Waals surface area contributed by atoms with Crippen LogP contribution < -0.4 is 0 Å². The van der Waals surface area contributed by atoms with Crippen LogP contribution in [0.2, 0.25) is 0 Å². The molecule has 1 aliphatic rings. The quantitative estimate of drug-likeness (QED) is 0.940. The predicted octanol–water partition coefficient (Wildman–Crippen LogP) is 2.99. The Morgan fingerprint density at radius 3 is 2.14 bits per heavy atom. The summed E-state index contributed by atoms with van der Waals surface area (Å²) in [6.07, 6.45) is 2.07. The zero-order valence-corrected chi connectivity index (χ0v) is 12.0. The van der Waals surface area contributed by atoms with Gasteiger partial charge in [-0.3, -0.25) is 4.90 Å². The number of hydrogen-bond donors (Lipinski definition) is 1. The van der Waals surface area contributed by atoms with E-state index in [-0.39, 0.29) is 0 Å². The van der Waals surface area contributed by atoms with Crippen LogP contribution in [-0.2, 0) is 19.4 Å². The standard InChI is InChI=1S/C18H19NO2/c20-18(21)17-8-4-3-7-16(17)13-19-11-9-14-5-1-2-6-15(14)10-12-19/h1-8H,9-13H2,(H,20,21). The molecule has 0 spiro atoms. The summed E-state index contributed by atoms with van der Waals surface area (Å²) in [5, 5.41) is 9.27. The lowest BCUT2D eigenvalue weighted by atomic mass is 10.0. The van der Waals surface area contributed by atoms with Crippen LogP contribution in [0.1, 0.15) is 27.0 Å². The fourth-order valence-corrected chi connectivity index (χ4v) is 2.98. The molecule has 1 heterocycles. The fourth-order valence-electron chi connectivity index (χ4n) is 2.98. The lowest BCUT2D eigenvalue weighted by Gasteiger charge is -2.20. The molecule has 0 saturated heterocycles. The van der Waals surface area contributed by atoms with E-state index < -0.39 is 5.97 Å². The SMILES string of the molecule is O=C(O)c1ccccc1CN1CCc2ccccc2CC1. The van der Waals surface area contributed by atoms with Crippen molar-refractivity contribution in [3.8, 4) is 0 Å². The molecule has 0 unspecified atom stereocenters. The second kappa shape index (κ2) is 6.10. The highest BCUT2D eigenvalue weighted by molar-refractivity contribution is 5.89. The van der Waals surface area contributed by atoms with Gasteiger partial charge in [-0.25, -0.2) is 4.79 Å². The topological polar surface area (TPSA) is 40.5 Å². The molecule has 1 N–H and O–H groups in total. The molecule has 0 aromatic heterocycles. The Morgan fingerprint density at radius 2 is 1.52 bits per heavy atom. The van der Waals surface area contributed by atoms with E-state index in [2.05, 4.69) is 29.2 Å². The van der Waals surface area contributed by atoms with Crippen molar-refractivity contribution in [2.75, 3.05) is 13.1 Å². The fraction of sp³-hybridized carbons (Fsp3) is 0.278. The Kier molecular flexibility index (Phi) is 4.02. The van der Waals surface area contributed by atoms with Gasteiger partial charge in [0.1, 0.15) is 0 Å². The van der Waals surface area contributed by atoms with Crippen molar-refractivity contribution in [1.29, 1.82) is 0 Å². The monoisotopic (exact) mass is 281 g/mol.